The largest absolute Gasteiger partial charge is 0.394 e. The summed E-state index contributed by atoms with van der Waals surface area (Å²) in [5.74, 6) is 0.0318. The molecule has 2 aromatic carbocycles. The Morgan fingerprint density at radius 1 is 1.19 bits per heavy atom. The van der Waals surface area contributed by atoms with Crippen LogP contribution in [0.3, 0.4) is 0 Å². The smallest absolute Gasteiger partial charge is 0.276 e. The van der Waals surface area contributed by atoms with Gasteiger partial charge in [-0.3, -0.25) is 10.1 Å². The highest BCUT2D eigenvalue weighted by molar-refractivity contribution is 6.13. The van der Waals surface area contributed by atoms with E-state index in [1.165, 1.54) is 0 Å². The fourth-order valence-corrected chi connectivity index (χ4v) is 2.82. The molecule has 0 radical (unpaired) electrons. The molecule has 0 unspecified atom stereocenters. The van der Waals surface area contributed by atoms with Crippen molar-refractivity contribution in [3.05, 3.63) is 71.7 Å². The minimum absolute atomic E-state index is 0.117. The van der Waals surface area contributed by atoms with Crippen LogP contribution in [0.5, 0.6) is 0 Å². The van der Waals surface area contributed by atoms with Gasteiger partial charge in [0.1, 0.15) is 5.70 Å². The van der Waals surface area contributed by atoms with E-state index in [9.17, 15) is 9.90 Å². The minimum Gasteiger partial charge on any atom is -0.394 e. The topological polar surface area (TPSA) is 102 Å². The molecule has 0 fully saturated rings. The molecule has 130 valence electrons. The highest BCUT2D eigenvalue weighted by atomic mass is 16.3. The molecule has 1 atom stereocenters. The molecule has 1 aliphatic rings. The first kappa shape index (κ1) is 16.0. The molecule has 7 heteroatoms. The lowest BCUT2D eigenvalue weighted by Gasteiger charge is -2.17. The number of aliphatic imine (C=N–C) groups is 1. The molecule has 1 aromatic heterocycles. The van der Waals surface area contributed by atoms with Crippen LogP contribution in [0, 0.1) is 0 Å². The van der Waals surface area contributed by atoms with E-state index in [1.54, 1.807) is 12.4 Å². The number of aromatic nitrogens is 2. The summed E-state index contributed by atoms with van der Waals surface area (Å²) in [6.07, 6.45) is 3.33. The number of carbonyl (C=O) groups is 1. The van der Waals surface area contributed by atoms with Crippen LogP contribution in [0.15, 0.2) is 65.5 Å². The molecule has 0 spiro atoms. The Morgan fingerprint density at radius 2 is 2.04 bits per heavy atom. The Morgan fingerprint density at radius 3 is 2.85 bits per heavy atom. The van der Waals surface area contributed by atoms with E-state index < -0.39 is 0 Å². The van der Waals surface area contributed by atoms with E-state index in [0.717, 1.165) is 22.2 Å². The predicted molar refractivity (Wildman–Crippen MR) is 99.1 cm³/mol. The van der Waals surface area contributed by atoms with Crippen molar-refractivity contribution >= 4 is 29.0 Å². The number of aromatic amines is 1. The summed E-state index contributed by atoms with van der Waals surface area (Å²) >= 11 is 0. The van der Waals surface area contributed by atoms with E-state index >= 15 is 0 Å². The van der Waals surface area contributed by atoms with Crippen LogP contribution < -0.4 is 10.6 Å². The molecule has 0 saturated carbocycles. The van der Waals surface area contributed by atoms with Crippen LogP contribution in [-0.2, 0) is 4.79 Å². The molecule has 0 saturated heterocycles. The van der Waals surface area contributed by atoms with Crippen LogP contribution in [0.2, 0.25) is 0 Å². The zero-order valence-electron chi connectivity index (χ0n) is 13.8. The molecule has 0 bridgehead atoms. The number of aliphatic hydroxyl groups is 1. The number of imidazole rings is 1. The Labute approximate surface area is 149 Å². The number of guanidine groups is 1. The summed E-state index contributed by atoms with van der Waals surface area (Å²) < 4.78 is 0. The Balaban J connectivity index is 1.56. The van der Waals surface area contributed by atoms with Gasteiger partial charge in [0.2, 0.25) is 5.96 Å². The van der Waals surface area contributed by atoms with Crippen molar-refractivity contribution in [2.75, 3.05) is 6.61 Å². The molecular weight excluding hydrogens is 330 g/mol. The number of carbonyl (C=O) groups excluding carboxylic acids is 1. The molecule has 1 aliphatic heterocycles. The van der Waals surface area contributed by atoms with Gasteiger partial charge in [-0.15, -0.1) is 0 Å². The van der Waals surface area contributed by atoms with Crippen molar-refractivity contribution < 1.29 is 9.90 Å². The average molecular weight is 347 g/mol. The number of H-pyrrole nitrogens is 1. The van der Waals surface area contributed by atoms with Gasteiger partial charge in [0.15, 0.2) is 0 Å². The van der Waals surface area contributed by atoms with E-state index in [2.05, 4.69) is 25.6 Å². The first-order valence-electron chi connectivity index (χ1n) is 8.20. The maximum atomic E-state index is 12.2. The SMILES string of the molecule is O=C1NC(N[C@@H](CO)c2ccccc2)=N/C1=C\c1ccc2[nH]cnc2c1. The van der Waals surface area contributed by atoms with Gasteiger partial charge < -0.3 is 15.4 Å². The van der Waals surface area contributed by atoms with E-state index in [4.69, 9.17) is 0 Å². The second kappa shape index (κ2) is 6.81. The lowest BCUT2D eigenvalue weighted by Crippen LogP contribution is -2.39. The summed E-state index contributed by atoms with van der Waals surface area (Å²) in [7, 11) is 0. The number of fused-ring (bicyclic) bond motifs is 1. The van der Waals surface area contributed by atoms with Gasteiger partial charge in [0, 0.05) is 0 Å². The highest BCUT2D eigenvalue weighted by Crippen LogP contribution is 2.17. The summed E-state index contributed by atoms with van der Waals surface area (Å²) in [5.41, 5.74) is 3.80. The summed E-state index contributed by atoms with van der Waals surface area (Å²) in [5, 5.41) is 15.4. The molecule has 4 N–H and O–H groups in total. The summed E-state index contributed by atoms with van der Waals surface area (Å²) in [6.45, 7) is -0.117. The van der Waals surface area contributed by atoms with Crippen molar-refractivity contribution in [3.8, 4) is 0 Å². The second-order valence-corrected chi connectivity index (χ2v) is 5.91. The minimum atomic E-state index is -0.352. The van der Waals surface area contributed by atoms with E-state index in [1.807, 2.05) is 48.5 Å². The van der Waals surface area contributed by atoms with Gasteiger partial charge in [0.25, 0.3) is 5.91 Å². The van der Waals surface area contributed by atoms with Gasteiger partial charge in [-0.1, -0.05) is 36.4 Å². The fourth-order valence-electron chi connectivity index (χ4n) is 2.82. The van der Waals surface area contributed by atoms with Crippen LogP contribution in [0.1, 0.15) is 17.2 Å². The number of nitrogens with zero attached hydrogens (tertiary/aromatic N) is 2. The van der Waals surface area contributed by atoms with Crippen LogP contribution in [-0.4, -0.2) is 33.5 Å². The molecule has 2 heterocycles. The van der Waals surface area contributed by atoms with Crippen molar-refractivity contribution in [2.45, 2.75) is 6.04 Å². The Kier molecular flexibility index (Phi) is 4.20. The van der Waals surface area contributed by atoms with Gasteiger partial charge in [-0.2, -0.15) is 0 Å². The van der Waals surface area contributed by atoms with Crippen LogP contribution in [0.25, 0.3) is 17.1 Å². The number of nitrogens with one attached hydrogen (secondary N) is 3. The van der Waals surface area contributed by atoms with Crippen molar-refractivity contribution in [3.63, 3.8) is 0 Å². The number of amides is 1. The molecule has 0 aliphatic carbocycles. The third kappa shape index (κ3) is 3.20. The molecular formula is C19H17N5O2. The molecule has 26 heavy (non-hydrogen) atoms. The van der Waals surface area contributed by atoms with Gasteiger partial charge in [0.05, 0.1) is 30.0 Å². The van der Waals surface area contributed by atoms with E-state index in [-0.39, 0.29) is 18.6 Å². The summed E-state index contributed by atoms with van der Waals surface area (Å²) in [4.78, 5) is 23.7. The van der Waals surface area contributed by atoms with Crippen molar-refractivity contribution in [1.82, 2.24) is 20.6 Å². The summed E-state index contributed by atoms with van der Waals surface area (Å²) in [6, 6.07) is 14.8. The Bertz CT molecular complexity index is 1010. The highest BCUT2D eigenvalue weighted by Gasteiger charge is 2.22. The zero-order chi connectivity index (χ0) is 17.9. The van der Waals surface area contributed by atoms with Gasteiger partial charge >= 0.3 is 0 Å². The number of hydrogen-bond donors (Lipinski definition) is 4. The molecule has 7 nitrogen and oxygen atoms in total. The first-order chi connectivity index (χ1) is 12.7. The lowest BCUT2D eigenvalue weighted by atomic mass is 10.1. The fraction of sp³-hybridized carbons (Fsp3) is 0.105. The van der Waals surface area contributed by atoms with E-state index in [0.29, 0.717) is 11.7 Å². The van der Waals surface area contributed by atoms with Crippen LogP contribution in [0.4, 0.5) is 0 Å². The van der Waals surface area contributed by atoms with Crippen LogP contribution >= 0.6 is 0 Å². The number of hydrogen-bond acceptors (Lipinski definition) is 5. The molecule has 4 rings (SSSR count). The zero-order valence-corrected chi connectivity index (χ0v) is 13.8. The lowest BCUT2D eigenvalue weighted by molar-refractivity contribution is -0.115. The molecule has 1 amide bonds. The average Bonchev–Trinajstić information content (AvgIpc) is 3.26. The quantitative estimate of drug-likeness (QED) is 0.540. The second-order valence-electron chi connectivity index (χ2n) is 5.91. The van der Waals surface area contributed by atoms with Gasteiger partial charge in [-0.05, 0) is 29.3 Å². The third-order valence-electron chi connectivity index (χ3n) is 4.14. The standard InChI is InChI=1S/C19H17N5O2/c25-10-17(13-4-2-1-3-5-13)23-19-22-16(18(26)24-19)9-12-6-7-14-15(8-12)21-11-20-14/h1-9,11,17,25H,10H2,(H,20,21)(H2,22,23,24,26)/b16-9-/t17-/m0/s1. The normalized spacial score (nSPS) is 16.6. The first-order valence-corrected chi connectivity index (χ1v) is 8.20. The van der Waals surface area contributed by atoms with Gasteiger partial charge in [-0.25, -0.2) is 9.98 Å². The Hall–Kier alpha value is -3.45. The van der Waals surface area contributed by atoms with Crippen molar-refractivity contribution in [1.29, 1.82) is 0 Å². The number of benzene rings is 2. The van der Waals surface area contributed by atoms with Crippen molar-refractivity contribution in [2.24, 2.45) is 4.99 Å². The maximum absolute atomic E-state index is 12.2. The molecule has 3 aromatic rings. The predicted octanol–water partition coefficient (Wildman–Crippen LogP) is 1.71. The number of aliphatic hydroxyl groups excluding tert-OH is 1. The monoisotopic (exact) mass is 347 g/mol. The maximum Gasteiger partial charge on any atom is 0.276 e. The third-order valence-corrected chi connectivity index (χ3v) is 4.14. The number of rotatable bonds is 4.